The van der Waals surface area contributed by atoms with E-state index in [2.05, 4.69) is 4.40 Å². The second-order valence-electron chi connectivity index (χ2n) is 5.15. The van der Waals surface area contributed by atoms with Gasteiger partial charge in [-0.25, -0.2) is 4.79 Å². The maximum Gasteiger partial charge on any atom is 0.335 e. The average Bonchev–Trinajstić information content (AvgIpc) is 2.59. The van der Waals surface area contributed by atoms with Crippen molar-refractivity contribution < 1.29 is 23.1 Å². The zero-order valence-corrected chi connectivity index (χ0v) is 14.1. The number of nitrogens with zero attached hydrogens (tertiary/aromatic N) is 1. The number of ketones is 1. The van der Waals surface area contributed by atoms with Crippen molar-refractivity contribution >= 4 is 39.1 Å². The van der Waals surface area contributed by atoms with Crippen molar-refractivity contribution in [2.24, 2.45) is 4.40 Å². The highest BCUT2D eigenvalue weighted by Gasteiger charge is 2.25. The maximum absolute atomic E-state index is 12.5. The Hall–Kier alpha value is -2.77. The van der Waals surface area contributed by atoms with E-state index in [-0.39, 0.29) is 26.8 Å². The number of carbonyl (C=O) groups is 2. The van der Waals surface area contributed by atoms with Gasteiger partial charge in [0.1, 0.15) is 0 Å². The van der Waals surface area contributed by atoms with E-state index in [1.807, 2.05) is 0 Å². The van der Waals surface area contributed by atoms with Crippen LogP contribution in [0.4, 0.5) is 0 Å². The smallest absolute Gasteiger partial charge is 0.335 e. The Kier molecular flexibility index (Phi) is 4.28. The first kappa shape index (κ1) is 17.1. The van der Waals surface area contributed by atoms with Crippen LogP contribution in [0.3, 0.4) is 0 Å². The molecular formula is C17H10ClNO5S. The van der Waals surface area contributed by atoms with E-state index in [0.717, 1.165) is 6.07 Å². The quantitative estimate of drug-likeness (QED) is 0.888. The fraction of sp³-hybridized carbons (Fsp3) is 0. The number of halogens is 1. The van der Waals surface area contributed by atoms with Crippen LogP contribution in [-0.2, 0) is 10.0 Å². The van der Waals surface area contributed by atoms with E-state index < -0.39 is 21.8 Å². The summed E-state index contributed by atoms with van der Waals surface area (Å²) in [5.74, 6) is -1.66. The van der Waals surface area contributed by atoms with Gasteiger partial charge in [0.2, 0.25) is 5.78 Å². The highest BCUT2D eigenvalue weighted by Crippen LogP contribution is 2.25. The number of sulfonamides is 1. The van der Waals surface area contributed by atoms with Gasteiger partial charge in [0, 0.05) is 11.1 Å². The van der Waals surface area contributed by atoms with Crippen LogP contribution in [0, 0.1) is 0 Å². The molecule has 6 nitrogen and oxygen atoms in total. The Bertz CT molecular complexity index is 1070. The predicted molar refractivity (Wildman–Crippen MR) is 91.8 cm³/mol. The number of rotatable bonds is 3. The standard InChI is InChI=1S/C17H10ClNO5S/c18-14-9-15(12-6-1-2-7-13(12)16(14)20)19-25(23,24)11-5-3-4-10(8-11)17(21)22/h1-9H,(H,21,22)/b19-15+. The molecule has 0 unspecified atom stereocenters. The van der Waals surface area contributed by atoms with Crippen molar-refractivity contribution in [3.8, 4) is 0 Å². The first-order chi connectivity index (χ1) is 11.8. The van der Waals surface area contributed by atoms with E-state index in [4.69, 9.17) is 16.7 Å². The SMILES string of the molecule is O=C(O)c1cccc(S(=O)(=O)/N=C2\C=C(Cl)C(=O)c3ccccc32)c1. The number of carboxylic acid groups (broad SMARTS) is 1. The molecule has 0 fully saturated rings. The second-order valence-corrected chi connectivity index (χ2v) is 7.16. The fourth-order valence-electron chi connectivity index (χ4n) is 2.34. The van der Waals surface area contributed by atoms with Crippen LogP contribution in [0.15, 0.2) is 68.9 Å². The largest absolute Gasteiger partial charge is 0.478 e. The van der Waals surface area contributed by atoms with Crippen molar-refractivity contribution in [3.63, 3.8) is 0 Å². The van der Waals surface area contributed by atoms with Crippen LogP contribution < -0.4 is 0 Å². The van der Waals surface area contributed by atoms with Crippen LogP contribution in [0.1, 0.15) is 26.3 Å². The van der Waals surface area contributed by atoms with Crippen LogP contribution in [-0.4, -0.2) is 31.0 Å². The third-order valence-electron chi connectivity index (χ3n) is 3.53. The molecule has 0 aliphatic heterocycles. The van der Waals surface area contributed by atoms with Crippen molar-refractivity contribution in [2.75, 3.05) is 0 Å². The lowest BCUT2D eigenvalue weighted by molar-refractivity contribution is 0.0696. The number of carboxylic acids is 1. The highest BCUT2D eigenvalue weighted by molar-refractivity contribution is 7.90. The first-order valence-electron chi connectivity index (χ1n) is 6.99. The lowest BCUT2D eigenvalue weighted by atomic mass is 9.94. The minimum absolute atomic E-state index is 0.0147. The Morgan fingerprint density at radius 2 is 1.72 bits per heavy atom. The molecule has 126 valence electrons. The minimum atomic E-state index is -4.19. The maximum atomic E-state index is 12.5. The molecule has 0 heterocycles. The van der Waals surface area contributed by atoms with E-state index in [1.165, 1.54) is 30.3 Å². The van der Waals surface area contributed by atoms with Gasteiger partial charge in [0.25, 0.3) is 10.0 Å². The van der Waals surface area contributed by atoms with Crippen molar-refractivity contribution in [3.05, 3.63) is 76.3 Å². The molecule has 0 radical (unpaired) electrons. The van der Waals surface area contributed by atoms with Gasteiger partial charge in [-0.2, -0.15) is 12.8 Å². The summed E-state index contributed by atoms with van der Waals surface area (Å²) in [6.07, 6.45) is 1.19. The molecule has 1 aliphatic rings. The van der Waals surface area contributed by atoms with E-state index in [0.29, 0.717) is 5.56 Å². The number of hydrogen-bond donors (Lipinski definition) is 1. The fourth-order valence-corrected chi connectivity index (χ4v) is 3.59. The summed E-state index contributed by atoms with van der Waals surface area (Å²) in [5, 5.41) is 8.85. The molecule has 0 spiro atoms. The van der Waals surface area contributed by atoms with Crippen molar-refractivity contribution in [2.45, 2.75) is 4.90 Å². The summed E-state index contributed by atoms with van der Waals surface area (Å²) < 4.78 is 28.8. The van der Waals surface area contributed by atoms with Gasteiger partial charge in [0.05, 0.1) is 21.2 Å². The Morgan fingerprint density at radius 3 is 2.40 bits per heavy atom. The number of Topliss-reactive ketones (excluding diaryl/α,β-unsaturated/α-hetero) is 1. The number of allylic oxidation sites excluding steroid dienone is 2. The van der Waals surface area contributed by atoms with Gasteiger partial charge in [-0.3, -0.25) is 4.79 Å². The van der Waals surface area contributed by atoms with Crippen LogP contribution >= 0.6 is 11.6 Å². The van der Waals surface area contributed by atoms with E-state index >= 15 is 0 Å². The monoisotopic (exact) mass is 375 g/mol. The molecule has 0 amide bonds. The zero-order chi connectivity index (χ0) is 18.2. The number of fused-ring (bicyclic) bond motifs is 1. The third kappa shape index (κ3) is 3.24. The summed E-state index contributed by atoms with van der Waals surface area (Å²) >= 11 is 5.89. The summed E-state index contributed by atoms with van der Waals surface area (Å²) in [6.45, 7) is 0. The van der Waals surface area contributed by atoms with Crippen LogP contribution in [0.25, 0.3) is 0 Å². The molecule has 2 aromatic carbocycles. The lowest BCUT2D eigenvalue weighted by Crippen LogP contribution is -2.16. The van der Waals surface area contributed by atoms with Crippen LogP contribution in [0.2, 0.25) is 0 Å². The molecule has 0 saturated heterocycles. The van der Waals surface area contributed by atoms with Gasteiger partial charge in [0.15, 0.2) is 0 Å². The zero-order valence-electron chi connectivity index (χ0n) is 12.5. The van der Waals surface area contributed by atoms with Gasteiger partial charge in [-0.1, -0.05) is 41.9 Å². The number of benzene rings is 2. The Balaban J connectivity index is 2.15. The van der Waals surface area contributed by atoms with Crippen LogP contribution in [0.5, 0.6) is 0 Å². The van der Waals surface area contributed by atoms with E-state index in [9.17, 15) is 18.0 Å². The predicted octanol–water partition coefficient (Wildman–Crippen LogP) is 2.88. The molecule has 1 N–H and O–H groups in total. The number of hydrogen-bond acceptors (Lipinski definition) is 4. The summed E-state index contributed by atoms with van der Waals surface area (Å²) in [6, 6.07) is 11.2. The topological polar surface area (TPSA) is 101 Å². The normalized spacial score (nSPS) is 15.6. The minimum Gasteiger partial charge on any atom is -0.478 e. The molecule has 0 saturated carbocycles. The van der Waals surface area contributed by atoms with Crippen molar-refractivity contribution in [1.29, 1.82) is 0 Å². The Labute approximate surface area is 148 Å². The number of carbonyl (C=O) groups excluding carboxylic acids is 1. The van der Waals surface area contributed by atoms with Gasteiger partial charge in [-0.15, -0.1) is 0 Å². The molecule has 0 atom stereocenters. The van der Waals surface area contributed by atoms with Gasteiger partial charge >= 0.3 is 5.97 Å². The highest BCUT2D eigenvalue weighted by atomic mass is 35.5. The summed E-state index contributed by atoms with van der Waals surface area (Å²) in [5.41, 5.74) is 0.438. The molecule has 0 aromatic heterocycles. The van der Waals surface area contributed by atoms with Crippen molar-refractivity contribution in [1.82, 2.24) is 0 Å². The molecule has 3 rings (SSSR count). The molecule has 0 bridgehead atoms. The number of aromatic carboxylic acids is 1. The van der Waals surface area contributed by atoms with Gasteiger partial charge < -0.3 is 5.11 Å². The third-order valence-corrected chi connectivity index (χ3v) is 5.09. The molecule has 25 heavy (non-hydrogen) atoms. The summed E-state index contributed by atoms with van der Waals surface area (Å²) in [7, 11) is -4.19. The molecule has 2 aromatic rings. The molecule has 1 aliphatic carbocycles. The molecule has 8 heteroatoms. The first-order valence-corrected chi connectivity index (χ1v) is 8.81. The van der Waals surface area contributed by atoms with E-state index in [1.54, 1.807) is 18.2 Å². The Morgan fingerprint density at radius 1 is 1.04 bits per heavy atom. The second kappa shape index (κ2) is 6.27. The average molecular weight is 376 g/mol. The molecular weight excluding hydrogens is 366 g/mol. The lowest BCUT2D eigenvalue weighted by Gasteiger charge is -2.14. The van der Waals surface area contributed by atoms with Gasteiger partial charge in [-0.05, 0) is 24.3 Å². The summed E-state index contributed by atoms with van der Waals surface area (Å²) in [4.78, 5) is 22.8.